The number of nitrogens with zero attached hydrogens (tertiary/aromatic N) is 1. The summed E-state index contributed by atoms with van der Waals surface area (Å²) in [6.07, 6.45) is 14.8. The fourth-order valence-electron chi connectivity index (χ4n) is 5.36. The molecule has 1 aromatic rings. The van der Waals surface area contributed by atoms with Crippen LogP contribution in [0.1, 0.15) is 88.5 Å². The van der Waals surface area contributed by atoms with Crippen molar-refractivity contribution in [2.45, 2.75) is 94.1 Å². The van der Waals surface area contributed by atoms with Gasteiger partial charge in [0.1, 0.15) is 6.10 Å². The highest BCUT2D eigenvalue weighted by Crippen LogP contribution is 2.40. The number of carbonyl (C=O) groups excluding carboxylic acids is 1. The van der Waals surface area contributed by atoms with E-state index < -0.39 is 11.6 Å². The van der Waals surface area contributed by atoms with Crippen LogP contribution in [0.15, 0.2) is 21.9 Å². The molecule has 0 saturated heterocycles. The number of thioether (sulfide) groups is 1. The van der Waals surface area contributed by atoms with Crippen molar-refractivity contribution in [3.8, 4) is 0 Å². The quantitative estimate of drug-likeness (QED) is 0.222. The topological polar surface area (TPSA) is 96.7 Å². The predicted octanol–water partition coefficient (Wildman–Crippen LogP) is 5.95. The number of esters is 1. The number of thiazole rings is 1. The average Bonchev–Trinajstić information content (AvgIpc) is 3.36. The third-order valence-corrected chi connectivity index (χ3v) is 8.96. The summed E-state index contributed by atoms with van der Waals surface area (Å²) < 4.78 is 6.37. The van der Waals surface area contributed by atoms with Crippen LogP contribution in [-0.2, 0) is 9.53 Å². The number of rotatable bonds is 11. The molecule has 1 unspecified atom stereocenters. The maximum atomic E-state index is 11.6. The second kappa shape index (κ2) is 12.4. The van der Waals surface area contributed by atoms with E-state index in [1.165, 1.54) is 50.4 Å². The number of carboxylic acid groups (broad SMARTS) is 1. The van der Waals surface area contributed by atoms with Crippen molar-refractivity contribution in [2.24, 2.45) is 17.8 Å². The number of allylic oxidation sites excluding steroid dienone is 1. The van der Waals surface area contributed by atoms with Crippen LogP contribution in [0.4, 0.5) is 0 Å². The van der Waals surface area contributed by atoms with E-state index >= 15 is 0 Å². The summed E-state index contributed by atoms with van der Waals surface area (Å²) in [6.45, 7) is 3.41. The Bertz CT molecular complexity index is 815. The van der Waals surface area contributed by atoms with Crippen LogP contribution >= 0.6 is 23.1 Å². The van der Waals surface area contributed by atoms with E-state index in [2.05, 4.69) is 17.1 Å². The number of hydrogen-bond acceptors (Lipinski definition) is 7. The Morgan fingerprint density at radius 3 is 2.70 bits per heavy atom. The zero-order chi connectivity index (χ0) is 23.8. The van der Waals surface area contributed by atoms with Gasteiger partial charge in [0.2, 0.25) is 0 Å². The minimum absolute atomic E-state index is 0.0854. The summed E-state index contributed by atoms with van der Waals surface area (Å²) in [6, 6.07) is 0. The van der Waals surface area contributed by atoms with Gasteiger partial charge < -0.3 is 14.9 Å². The van der Waals surface area contributed by atoms with E-state index in [0.717, 1.165) is 35.8 Å². The molecule has 2 aliphatic carbocycles. The molecule has 184 valence electrons. The molecule has 0 bridgehead atoms. The Morgan fingerprint density at radius 1 is 1.27 bits per heavy atom. The normalized spacial score (nSPS) is 25.8. The molecule has 0 amide bonds. The molecular weight excluding hydrogens is 458 g/mol. The number of ether oxygens (including phenoxy) is 1. The Labute approximate surface area is 205 Å². The van der Waals surface area contributed by atoms with E-state index in [9.17, 15) is 14.7 Å². The van der Waals surface area contributed by atoms with E-state index in [1.54, 1.807) is 17.1 Å². The highest BCUT2D eigenvalue weighted by molar-refractivity contribution is 8.01. The summed E-state index contributed by atoms with van der Waals surface area (Å²) in [5, 5.41) is 21.5. The lowest BCUT2D eigenvalue weighted by molar-refractivity contribution is -0.148. The molecule has 0 aliphatic heterocycles. The van der Waals surface area contributed by atoms with Gasteiger partial charge in [-0.2, -0.15) is 0 Å². The summed E-state index contributed by atoms with van der Waals surface area (Å²) in [5.74, 6) is 0.709. The molecule has 0 aromatic carbocycles. The van der Waals surface area contributed by atoms with Crippen LogP contribution in [0, 0.1) is 17.8 Å². The third kappa shape index (κ3) is 8.41. The lowest BCUT2D eigenvalue weighted by Gasteiger charge is -2.30. The van der Waals surface area contributed by atoms with Gasteiger partial charge in [-0.1, -0.05) is 56.0 Å². The maximum absolute atomic E-state index is 11.6. The predicted molar refractivity (Wildman–Crippen MR) is 132 cm³/mol. The summed E-state index contributed by atoms with van der Waals surface area (Å²) in [5.41, 5.74) is -0.591. The third-order valence-electron chi connectivity index (χ3n) is 6.90. The van der Waals surface area contributed by atoms with Crippen molar-refractivity contribution in [3.05, 3.63) is 23.2 Å². The first kappa shape index (κ1) is 26.2. The van der Waals surface area contributed by atoms with Crippen molar-refractivity contribution in [1.82, 2.24) is 4.98 Å². The van der Waals surface area contributed by atoms with Gasteiger partial charge >= 0.3 is 11.9 Å². The average molecular weight is 496 g/mol. The molecule has 2 aliphatic rings. The van der Waals surface area contributed by atoms with Crippen LogP contribution in [0.2, 0.25) is 0 Å². The van der Waals surface area contributed by atoms with Crippen molar-refractivity contribution >= 4 is 35.0 Å². The Balaban J connectivity index is 1.54. The fourth-order valence-corrected chi connectivity index (χ4v) is 7.27. The molecule has 2 N–H and O–H groups in total. The van der Waals surface area contributed by atoms with Crippen LogP contribution in [0.5, 0.6) is 0 Å². The number of aromatic carboxylic acids is 1. The maximum Gasteiger partial charge on any atom is 0.355 e. The zero-order valence-electron chi connectivity index (χ0n) is 19.7. The van der Waals surface area contributed by atoms with Crippen LogP contribution < -0.4 is 0 Å². The number of carbonyl (C=O) groups is 2. The molecule has 0 spiro atoms. The number of aliphatic hydroxyl groups is 1. The van der Waals surface area contributed by atoms with Gasteiger partial charge in [0.15, 0.2) is 10.0 Å². The van der Waals surface area contributed by atoms with Gasteiger partial charge in [-0.05, 0) is 50.9 Å². The second-order valence-corrected chi connectivity index (χ2v) is 12.0. The first-order valence-electron chi connectivity index (χ1n) is 12.1. The molecule has 3 rings (SSSR count). The van der Waals surface area contributed by atoms with E-state index in [4.69, 9.17) is 9.84 Å². The molecule has 1 aromatic heterocycles. The first-order chi connectivity index (χ1) is 15.7. The van der Waals surface area contributed by atoms with Gasteiger partial charge in [0.05, 0.1) is 5.60 Å². The molecule has 1 heterocycles. The highest BCUT2D eigenvalue weighted by atomic mass is 32.2. The minimum atomic E-state index is -1.01. The molecule has 2 fully saturated rings. The smallest absolute Gasteiger partial charge is 0.355 e. The van der Waals surface area contributed by atoms with Crippen molar-refractivity contribution in [1.29, 1.82) is 0 Å². The fraction of sp³-hybridized carbons (Fsp3) is 0.720. The molecule has 6 nitrogen and oxygen atoms in total. The molecule has 4 atom stereocenters. The van der Waals surface area contributed by atoms with Crippen molar-refractivity contribution < 1.29 is 24.5 Å². The van der Waals surface area contributed by atoms with Crippen LogP contribution in [0.3, 0.4) is 0 Å². The molecule has 2 saturated carbocycles. The summed E-state index contributed by atoms with van der Waals surface area (Å²) in [7, 11) is 0. The van der Waals surface area contributed by atoms with Gasteiger partial charge in [0, 0.05) is 24.0 Å². The molecule has 33 heavy (non-hydrogen) atoms. The number of aromatic nitrogens is 1. The number of hydrogen-bond donors (Lipinski definition) is 2. The molecule has 0 radical (unpaired) electrons. The monoisotopic (exact) mass is 495 g/mol. The number of carboxylic acids is 1. The summed E-state index contributed by atoms with van der Waals surface area (Å²) in [4.78, 5) is 26.8. The van der Waals surface area contributed by atoms with Gasteiger partial charge in [-0.25, -0.2) is 9.78 Å². The van der Waals surface area contributed by atoms with Gasteiger partial charge in [0.25, 0.3) is 0 Å². The Hall–Kier alpha value is -1.38. The highest BCUT2D eigenvalue weighted by Gasteiger charge is 2.36. The minimum Gasteiger partial charge on any atom is -0.476 e. The lowest BCUT2D eigenvalue weighted by Crippen LogP contribution is -2.28. The largest absolute Gasteiger partial charge is 0.476 e. The first-order valence-corrected chi connectivity index (χ1v) is 14.0. The molecular formula is C25H37NO5S2. The van der Waals surface area contributed by atoms with E-state index in [0.29, 0.717) is 18.3 Å². The Morgan fingerprint density at radius 2 is 2.03 bits per heavy atom. The SMILES string of the molecule is CC(=O)O[C@H]1CC[C@H](C=CCC(C)(O)CC2CCCCC2)[C@H]1CCSc1nc(C(=O)O)cs1. The zero-order valence-corrected chi connectivity index (χ0v) is 21.3. The van der Waals surface area contributed by atoms with E-state index in [1.807, 2.05) is 6.92 Å². The van der Waals surface area contributed by atoms with E-state index in [-0.39, 0.29) is 23.7 Å². The molecule has 8 heteroatoms. The van der Waals surface area contributed by atoms with Crippen LogP contribution in [-0.4, -0.2) is 44.6 Å². The standard InChI is InChI=1S/C25H37NO5S2/c1-17(27)31-22-11-10-19(9-6-13-25(2,30)15-18-7-4-3-5-8-18)20(22)12-14-32-24-26-21(16-33-24)23(28)29/h6,9,16,18-20,22,30H,3-5,7-8,10-15H2,1-2H3,(H,28,29)/t19-,20+,22-,25?/m0/s1. The van der Waals surface area contributed by atoms with Crippen molar-refractivity contribution in [2.75, 3.05) is 5.75 Å². The second-order valence-electron chi connectivity index (χ2n) is 9.83. The lowest BCUT2D eigenvalue weighted by atomic mass is 9.80. The van der Waals surface area contributed by atoms with Crippen molar-refractivity contribution in [3.63, 3.8) is 0 Å². The Kier molecular flexibility index (Phi) is 9.82. The van der Waals surface area contributed by atoms with Crippen LogP contribution in [0.25, 0.3) is 0 Å². The summed E-state index contributed by atoms with van der Waals surface area (Å²) >= 11 is 2.90. The van der Waals surface area contributed by atoms with Gasteiger partial charge in [-0.3, -0.25) is 4.79 Å². The van der Waals surface area contributed by atoms with Gasteiger partial charge in [-0.15, -0.1) is 11.3 Å².